The topological polar surface area (TPSA) is 101 Å². The molecule has 4 rings (SSSR count). The number of carbonyl (C=O) groups excluding carboxylic acids is 1. The number of hydrogen-bond acceptors (Lipinski definition) is 7. The molecule has 1 aliphatic heterocycles. The minimum absolute atomic E-state index is 0.0447. The molecule has 0 aliphatic carbocycles. The highest BCUT2D eigenvalue weighted by Crippen LogP contribution is 2.21. The first-order valence-corrected chi connectivity index (χ1v) is 8.20. The van der Waals surface area contributed by atoms with E-state index >= 15 is 0 Å². The molecular weight excluding hydrogens is 320 g/mol. The maximum atomic E-state index is 12.3. The van der Waals surface area contributed by atoms with E-state index in [-0.39, 0.29) is 11.9 Å². The minimum atomic E-state index is -0.175. The first-order chi connectivity index (χ1) is 12.2. The molecule has 3 aromatic rings. The summed E-state index contributed by atoms with van der Waals surface area (Å²) in [5.41, 5.74) is 1.27. The van der Waals surface area contributed by atoms with Gasteiger partial charge in [-0.2, -0.15) is 14.6 Å². The average Bonchev–Trinajstić information content (AvgIpc) is 3.10. The second-order valence-corrected chi connectivity index (χ2v) is 6.08. The van der Waals surface area contributed by atoms with Crippen LogP contribution in [0.2, 0.25) is 0 Å². The molecule has 4 heterocycles. The maximum Gasteiger partial charge on any atom is 0.270 e. The first kappa shape index (κ1) is 15.4. The minimum Gasteiger partial charge on any atom is -0.354 e. The molecule has 3 aromatic heterocycles. The Balaban J connectivity index is 1.53. The fourth-order valence-corrected chi connectivity index (χ4v) is 3.12. The Morgan fingerprint density at radius 2 is 2.24 bits per heavy atom. The number of rotatable bonds is 3. The van der Waals surface area contributed by atoms with Crippen molar-refractivity contribution in [3.63, 3.8) is 0 Å². The molecule has 1 aliphatic rings. The van der Waals surface area contributed by atoms with E-state index in [1.165, 1.54) is 12.7 Å². The van der Waals surface area contributed by atoms with Gasteiger partial charge in [-0.25, -0.2) is 15.0 Å². The molecule has 1 N–H and O–H groups in total. The van der Waals surface area contributed by atoms with E-state index in [1.54, 1.807) is 16.8 Å². The molecule has 0 bridgehead atoms. The zero-order chi connectivity index (χ0) is 17.2. The number of carbonyl (C=O) groups is 1. The van der Waals surface area contributed by atoms with Gasteiger partial charge >= 0.3 is 0 Å². The molecule has 9 heteroatoms. The summed E-state index contributed by atoms with van der Waals surface area (Å²) in [6, 6.07) is 3.65. The van der Waals surface area contributed by atoms with Crippen molar-refractivity contribution in [3.05, 3.63) is 42.4 Å². The van der Waals surface area contributed by atoms with Crippen molar-refractivity contribution in [3.8, 4) is 0 Å². The van der Waals surface area contributed by atoms with Crippen LogP contribution >= 0.6 is 0 Å². The highest BCUT2D eigenvalue weighted by molar-refractivity contribution is 5.92. The fraction of sp³-hybridized carbons (Fsp3) is 0.375. The predicted octanol–water partition coefficient (Wildman–Crippen LogP) is 0.622. The van der Waals surface area contributed by atoms with Crippen LogP contribution in [0.4, 0.5) is 5.82 Å². The van der Waals surface area contributed by atoms with Gasteiger partial charge in [-0.15, -0.1) is 0 Å². The van der Waals surface area contributed by atoms with Crippen LogP contribution in [0.1, 0.15) is 29.0 Å². The first-order valence-electron chi connectivity index (χ1n) is 8.20. The molecule has 25 heavy (non-hydrogen) atoms. The Morgan fingerprint density at radius 3 is 3.08 bits per heavy atom. The summed E-state index contributed by atoms with van der Waals surface area (Å²) in [4.78, 5) is 30.9. The lowest BCUT2D eigenvalue weighted by atomic mass is 10.1. The lowest BCUT2D eigenvalue weighted by molar-refractivity contribution is 0.0928. The van der Waals surface area contributed by atoms with Crippen molar-refractivity contribution in [2.45, 2.75) is 25.8 Å². The highest BCUT2D eigenvalue weighted by atomic mass is 16.1. The van der Waals surface area contributed by atoms with Crippen LogP contribution in [0.3, 0.4) is 0 Å². The number of nitrogens with one attached hydrogen (secondary N) is 1. The molecule has 0 spiro atoms. The molecule has 1 amide bonds. The number of nitrogens with zero attached hydrogens (tertiary/aromatic N) is 7. The molecule has 9 nitrogen and oxygen atoms in total. The lowest BCUT2D eigenvalue weighted by Crippen LogP contribution is -2.48. The van der Waals surface area contributed by atoms with E-state index in [0.29, 0.717) is 18.0 Å². The van der Waals surface area contributed by atoms with Gasteiger partial charge in [0.15, 0.2) is 0 Å². The number of anilines is 1. The van der Waals surface area contributed by atoms with Crippen LogP contribution in [0, 0.1) is 6.92 Å². The van der Waals surface area contributed by atoms with E-state index in [4.69, 9.17) is 0 Å². The van der Waals surface area contributed by atoms with Gasteiger partial charge in [0.05, 0.1) is 0 Å². The molecule has 0 saturated carbocycles. The molecule has 128 valence electrons. The number of amides is 1. The highest BCUT2D eigenvalue weighted by Gasteiger charge is 2.24. The molecule has 0 radical (unpaired) electrons. The molecule has 0 aromatic carbocycles. The van der Waals surface area contributed by atoms with Crippen LogP contribution < -0.4 is 10.2 Å². The fourth-order valence-electron chi connectivity index (χ4n) is 3.12. The third kappa shape index (κ3) is 3.12. The lowest BCUT2D eigenvalue weighted by Gasteiger charge is -2.34. The van der Waals surface area contributed by atoms with E-state index in [0.717, 1.165) is 30.9 Å². The number of piperidine rings is 1. The standard InChI is InChI=1S/C16H18N8O/c1-11-7-14(24-16(21-11)19-10-20-24)23-6-2-3-12(8-23)22-15(25)13-4-5-17-9-18-13/h4-5,7,9-10,12H,2-3,6,8H2,1H3,(H,22,25). The van der Waals surface area contributed by atoms with Crippen molar-refractivity contribution in [1.82, 2.24) is 34.9 Å². The Labute approximate surface area is 144 Å². The summed E-state index contributed by atoms with van der Waals surface area (Å²) in [5.74, 6) is 1.36. The summed E-state index contributed by atoms with van der Waals surface area (Å²) in [6.45, 7) is 3.55. The monoisotopic (exact) mass is 338 g/mol. The summed E-state index contributed by atoms with van der Waals surface area (Å²) in [5, 5.41) is 7.33. The smallest absolute Gasteiger partial charge is 0.270 e. The van der Waals surface area contributed by atoms with E-state index in [2.05, 4.69) is 35.3 Å². The summed E-state index contributed by atoms with van der Waals surface area (Å²) >= 11 is 0. The molecule has 1 atom stereocenters. The van der Waals surface area contributed by atoms with Gasteiger partial charge in [-0.05, 0) is 25.8 Å². The van der Waals surface area contributed by atoms with Gasteiger partial charge < -0.3 is 10.2 Å². The normalized spacial score (nSPS) is 17.6. The van der Waals surface area contributed by atoms with Gasteiger partial charge in [0, 0.05) is 37.1 Å². The van der Waals surface area contributed by atoms with Gasteiger partial charge in [-0.1, -0.05) is 0 Å². The number of hydrogen-bond donors (Lipinski definition) is 1. The van der Waals surface area contributed by atoms with Crippen molar-refractivity contribution in [2.75, 3.05) is 18.0 Å². The molecule has 1 unspecified atom stereocenters. The van der Waals surface area contributed by atoms with Crippen LogP contribution in [0.25, 0.3) is 5.78 Å². The van der Waals surface area contributed by atoms with Crippen molar-refractivity contribution < 1.29 is 4.79 Å². The quantitative estimate of drug-likeness (QED) is 0.747. The summed E-state index contributed by atoms with van der Waals surface area (Å²) < 4.78 is 1.74. The summed E-state index contributed by atoms with van der Waals surface area (Å²) in [6.07, 6.45) is 6.35. The zero-order valence-electron chi connectivity index (χ0n) is 13.8. The number of aromatic nitrogens is 6. The number of aryl methyl sites for hydroxylation is 1. The van der Waals surface area contributed by atoms with Gasteiger partial charge in [-0.3, -0.25) is 4.79 Å². The zero-order valence-corrected chi connectivity index (χ0v) is 13.8. The second kappa shape index (κ2) is 6.42. The Bertz CT molecular complexity index is 894. The Morgan fingerprint density at radius 1 is 1.32 bits per heavy atom. The number of fused-ring (bicyclic) bond motifs is 1. The van der Waals surface area contributed by atoms with E-state index in [9.17, 15) is 4.79 Å². The molecule has 1 fully saturated rings. The van der Waals surface area contributed by atoms with Crippen LogP contribution in [-0.4, -0.2) is 54.6 Å². The van der Waals surface area contributed by atoms with Gasteiger partial charge in [0.25, 0.3) is 11.7 Å². The second-order valence-electron chi connectivity index (χ2n) is 6.08. The van der Waals surface area contributed by atoms with Crippen molar-refractivity contribution in [1.29, 1.82) is 0 Å². The summed E-state index contributed by atoms with van der Waals surface area (Å²) in [7, 11) is 0. The Hall–Kier alpha value is -3.10. The van der Waals surface area contributed by atoms with E-state index < -0.39 is 0 Å². The SMILES string of the molecule is Cc1cc(N2CCCC(NC(=O)c3ccncn3)C2)n2ncnc2n1. The van der Waals surface area contributed by atoms with Gasteiger partial charge in [0.2, 0.25) is 0 Å². The Kier molecular flexibility index (Phi) is 3.96. The molecular formula is C16H18N8O. The van der Waals surface area contributed by atoms with Crippen LogP contribution in [0.15, 0.2) is 31.0 Å². The third-order valence-corrected chi connectivity index (χ3v) is 4.26. The van der Waals surface area contributed by atoms with Gasteiger partial charge in [0.1, 0.15) is 24.2 Å². The predicted molar refractivity (Wildman–Crippen MR) is 90.3 cm³/mol. The van der Waals surface area contributed by atoms with E-state index in [1.807, 2.05) is 13.0 Å². The van der Waals surface area contributed by atoms with Crippen molar-refractivity contribution >= 4 is 17.5 Å². The maximum absolute atomic E-state index is 12.3. The van der Waals surface area contributed by atoms with Crippen LogP contribution in [0.5, 0.6) is 0 Å². The third-order valence-electron chi connectivity index (χ3n) is 4.26. The van der Waals surface area contributed by atoms with Crippen LogP contribution in [-0.2, 0) is 0 Å². The largest absolute Gasteiger partial charge is 0.354 e. The molecule has 1 saturated heterocycles. The average molecular weight is 338 g/mol. The van der Waals surface area contributed by atoms with Crippen molar-refractivity contribution in [2.24, 2.45) is 0 Å².